The van der Waals surface area contributed by atoms with E-state index in [9.17, 15) is 15.0 Å². The molecule has 0 fully saturated rings. The average molecular weight is 254 g/mol. The largest absolute Gasteiger partial charge is 0.512 e. The maximum Gasteiger partial charge on any atom is 0.162 e. The summed E-state index contributed by atoms with van der Waals surface area (Å²) >= 11 is 0. The Labute approximate surface area is 110 Å². The molecule has 19 heavy (non-hydrogen) atoms. The number of aliphatic hydroxyl groups is 1. The van der Waals surface area contributed by atoms with Gasteiger partial charge in [-0.05, 0) is 16.8 Å². The summed E-state index contributed by atoms with van der Waals surface area (Å²) in [6, 6.07) is 11.2. The number of rotatable bonds is 2. The Morgan fingerprint density at radius 2 is 1.79 bits per heavy atom. The third-order valence-corrected chi connectivity index (χ3v) is 3.64. The van der Waals surface area contributed by atoms with Crippen LogP contribution >= 0.6 is 0 Å². The van der Waals surface area contributed by atoms with Crippen molar-refractivity contribution >= 4 is 16.6 Å². The summed E-state index contributed by atoms with van der Waals surface area (Å²) in [5.74, 6) is 0.306. The molecule has 1 aliphatic carbocycles. The zero-order chi connectivity index (χ0) is 13.4. The molecule has 0 atom stereocenters. The second kappa shape index (κ2) is 4.43. The molecule has 96 valence electrons. The minimum atomic E-state index is -0.0233. The molecule has 0 spiro atoms. The number of carbonyl (C=O) groups excluding carboxylic acids is 1. The van der Waals surface area contributed by atoms with Crippen LogP contribution in [-0.2, 0) is 11.2 Å². The van der Waals surface area contributed by atoms with Crippen molar-refractivity contribution < 1.29 is 15.0 Å². The van der Waals surface area contributed by atoms with E-state index < -0.39 is 0 Å². The lowest BCUT2D eigenvalue weighted by Crippen LogP contribution is -2.01. The van der Waals surface area contributed by atoms with E-state index in [4.69, 9.17) is 0 Å². The SMILES string of the molecule is O=C1CCC(O)=C1Cc1c(O)ccc2ccccc12. The molecule has 0 heterocycles. The Morgan fingerprint density at radius 3 is 2.53 bits per heavy atom. The van der Waals surface area contributed by atoms with Crippen LogP contribution in [0, 0.1) is 0 Å². The maximum absolute atomic E-state index is 11.7. The summed E-state index contributed by atoms with van der Waals surface area (Å²) in [6.45, 7) is 0. The van der Waals surface area contributed by atoms with Crippen molar-refractivity contribution in [2.75, 3.05) is 0 Å². The van der Waals surface area contributed by atoms with Crippen LogP contribution in [-0.4, -0.2) is 16.0 Å². The molecule has 0 unspecified atom stereocenters. The van der Waals surface area contributed by atoms with Gasteiger partial charge in [-0.3, -0.25) is 4.79 Å². The number of carbonyl (C=O) groups is 1. The molecule has 3 heteroatoms. The monoisotopic (exact) mass is 254 g/mol. The van der Waals surface area contributed by atoms with E-state index in [0.29, 0.717) is 24.0 Å². The molecule has 0 radical (unpaired) electrons. The normalized spacial score (nSPS) is 15.5. The molecule has 0 aliphatic heterocycles. The standard InChI is InChI=1S/C16H14O3/c17-14-6-5-10-3-1-2-4-11(10)12(14)9-13-15(18)7-8-16(13)19/h1-6,17-18H,7-9H2. The highest BCUT2D eigenvalue weighted by Gasteiger charge is 2.24. The van der Waals surface area contributed by atoms with E-state index in [1.807, 2.05) is 30.3 Å². The van der Waals surface area contributed by atoms with E-state index in [2.05, 4.69) is 0 Å². The Hall–Kier alpha value is -2.29. The van der Waals surface area contributed by atoms with Crippen molar-refractivity contribution in [1.82, 2.24) is 0 Å². The minimum Gasteiger partial charge on any atom is -0.512 e. The average Bonchev–Trinajstić information content (AvgIpc) is 2.73. The van der Waals surface area contributed by atoms with E-state index in [1.165, 1.54) is 0 Å². The van der Waals surface area contributed by atoms with Crippen LogP contribution in [0.15, 0.2) is 47.7 Å². The van der Waals surface area contributed by atoms with Crippen molar-refractivity contribution in [2.45, 2.75) is 19.3 Å². The maximum atomic E-state index is 11.7. The molecule has 0 amide bonds. The molecule has 1 aliphatic rings. The van der Waals surface area contributed by atoms with Gasteiger partial charge in [-0.25, -0.2) is 0 Å². The van der Waals surface area contributed by atoms with Gasteiger partial charge in [0.1, 0.15) is 5.75 Å². The van der Waals surface area contributed by atoms with Crippen LogP contribution in [0.4, 0.5) is 0 Å². The van der Waals surface area contributed by atoms with Crippen molar-refractivity contribution in [1.29, 1.82) is 0 Å². The summed E-state index contributed by atoms with van der Waals surface area (Å²) in [7, 11) is 0. The van der Waals surface area contributed by atoms with Crippen LogP contribution < -0.4 is 0 Å². The van der Waals surface area contributed by atoms with Crippen molar-refractivity contribution in [3.05, 3.63) is 53.3 Å². The molecule has 2 aromatic carbocycles. The summed E-state index contributed by atoms with van der Waals surface area (Å²) in [5.41, 5.74) is 1.14. The summed E-state index contributed by atoms with van der Waals surface area (Å²) in [4.78, 5) is 11.7. The lowest BCUT2D eigenvalue weighted by Gasteiger charge is -2.09. The fourth-order valence-electron chi connectivity index (χ4n) is 2.58. The van der Waals surface area contributed by atoms with Gasteiger partial charge < -0.3 is 10.2 Å². The molecule has 0 bridgehead atoms. The second-order valence-corrected chi connectivity index (χ2v) is 4.81. The lowest BCUT2D eigenvalue weighted by atomic mass is 9.96. The number of phenols is 1. The Morgan fingerprint density at radius 1 is 1.00 bits per heavy atom. The van der Waals surface area contributed by atoms with Gasteiger partial charge in [0, 0.05) is 30.4 Å². The summed E-state index contributed by atoms with van der Waals surface area (Å²) in [6.07, 6.45) is 1.07. The highest BCUT2D eigenvalue weighted by molar-refractivity contribution is 5.99. The molecule has 0 saturated heterocycles. The van der Waals surface area contributed by atoms with Gasteiger partial charge in [0.15, 0.2) is 5.78 Å². The minimum absolute atomic E-state index is 0.0233. The smallest absolute Gasteiger partial charge is 0.162 e. The number of benzene rings is 2. The first-order chi connectivity index (χ1) is 9.16. The van der Waals surface area contributed by atoms with E-state index in [1.54, 1.807) is 6.07 Å². The Balaban J connectivity index is 2.13. The number of hydrogen-bond acceptors (Lipinski definition) is 3. The summed E-state index contributed by atoms with van der Waals surface area (Å²) < 4.78 is 0. The van der Waals surface area contributed by atoms with Gasteiger partial charge in [0.25, 0.3) is 0 Å². The van der Waals surface area contributed by atoms with E-state index >= 15 is 0 Å². The number of fused-ring (bicyclic) bond motifs is 1. The fourth-order valence-corrected chi connectivity index (χ4v) is 2.58. The number of allylic oxidation sites excluding steroid dienone is 2. The van der Waals surface area contributed by atoms with Crippen LogP contribution in [0.1, 0.15) is 18.4 Å². The molecule has 0 saturated carbocycles. The van der Waals surface area contributed by atoms with Crippen LogP contribution in [0.3, 0.4) is 0 Å². The van der Waals surface area contributed by atoms with E-state index in [-0.39, 0.29) is 23.7 Å². The molecule has 2 aromatic rings. The molecular formula is C16H14O3. The topological polar surface area (TPSA) is 57.5 Å². The van der Waals surface area contributed by atoms with Gasteiger partial charge >= 0.3 is 0 Å². The second-order valence-electron chi connectivity index (χ2n) is 4.81. The fraction of sp³-hybridized carbons (Fsp3) is 0.188. The zero-order valence-corrected chi connectivity index (χ0v) is 10.4. The Kier molecular flexibility index (Phi) is 2.75. The Bertz CT molecular complexity index is 698. The van der Waals surface area contributed by atoms with Crippen LogP contribution in [0.25, 0.3) is 10.8 Å². The molecule has 3 nitrogen and oxygen atoms in total. The number of ketones is 1. The number of aromatic hydroxyl groups is 1. The highest BCUT2D eigenvalue weighted by Crippen LogP contribution is 2.32. The third kappa shape index (κ3) is 1.97. The van der Waals surface area contributed by atoms with Crippen molar-refractivity contribution in [3.8, 4) is 5.75 Å². The first-order valence-electron chi connectivity index (χ1n) is 6.30. The molecule has 3 rings (SSSR count). The predicted octanol–water partition coefficient (Wildman–Crippen LogP) is 3.26. The third-order valence-electron chi connectivity index (χ3n) is 3.64. The first-order valence-corrected chi connectivity index (χ1v) is 6.30. The number of hydrogen-bond donors (Lipinski definition) is 2. The highest BCUT2D eigenvalue weighted by atomic mass is 16.3. The number of Topliss-reactive ketones (excluding diaryl/α,β-unsaturated/α-hetero) is 1. The van der Waals surface area contributed by atoms with Crippen molar-refractivity contribution in [3.63, 3.8) is 0 Å². The predicted molar refractivity (Wildman–Crippen MR) is 73.2 cm³/mol. The van der Waals surface area contributed by atoms with Gasteiger partial charge in [0.05, 0.1) is 5.76 Å². The molecular weight excluding hydrogens is 240 g/mol. The van der Waals surface area contributed by atoms with Crippen molar-refractivity contribution in [2.24, 2.45) is 0 Å². The van der Waals surface area contributed by atoms with Gasteiger partial charge in [-0.1, -0.05) is 30.3 Å². The molecule has 0 aromatic heterocycles. The number of phenolic OH excluding ortho intramolecular Hbond substituents is 1. The molecule has 2 N–H and O–H groups in total. The van der Waals surface area contributed by atoms with Crippen LogP contribution in [0.2, 0.25) is 0 Å². The van der Waals surface area contributed by atoms with Gasteiger partial charge in [-0.2, -0.15) is 0 Å². The zero-order valence-electron chi connectivity index (χ0n) is 10.4. The van der Waals surface area contributed by atoms with Crippen LogP contribution in [0.5, 0.6) is 5.75 Å². The van der Waals surface area contributed by atoms with E-state index in [0.717, 1.165) is 10.8 Å². The number of aliphatic hydroxyl groups excluding tert-OH is 1. The van der Waals surface area contributed by atoms with Gasteiger partial charge in [0.2, 0.25) is 0 Å². The first kappa shape index (κ1) is 11.8. The quantitative estimate of drug-likeness (QED) is 0.864. The summed E-state index contributed by atoms with van der Waals surface area (Å²) in [5, 5.41) is 21.7. The lowest BCUT2D eigenvalue weighted by molar-refractivity contribution is -0.115. The van der Waals surface area contributed by atoms with Gasteiger partial charge in [-0.15, -0.1) is 0 Å².